The van der Waals surface area contributed by atoms with Crippen LogP contribution in [-0.2, 0) is 4.74 Å². The lowest BCUT2D eigenvalue weighted by Gasteiger charge is -2.10. The maximum absolute atomic E-state index is 12.0. The van der Waals surface area contributed by atoms with Crippen molar-refractivity contribution in [2.24, 2.45) is 0 Å². The van der Waals surface area contributed by atoms with Gasteiger partial charge in [0.2, 0.25) is 0 Å². The predicted octanol–water partition coefficient (Wildman–Crippen LogP) is 1.24. The van der Waals surface area contributed by atoms with E-state index >= 15 is 0 Å². The van der Waals surface area contributed by atoms with E-state index in [0.717, 1.165) is 19.2 Å². The van der Waals surface area contributed by atoms with Crippen molar-refractivity contribution >= 4 is 17.3 Å². The van der Waals surface area contributed by atoms with E-state index in [1.165, 1.54) is 0 Å². The molecule has 0 heterocycles. The first-order valence-electron chi connectivity index (χ1n) is 4.17. The number of benzene rings is 1. The molecule has 0 atom stereocenters. The highest BCUT2D eigenvalue weighted by atomic mass is 19.3. The lowest BCUT2D eigenvalue weighted by Crippen LogP contribution is -2.10. The average Bonchev–Trinajstić information content (AvgIpc) is 2.21. The van der Waals surface area contributed by atoms with E-state index < -0.39 is 12.6 Å². The van der Waals surface area contributed by atoms with Gasteiger partial charge >= 0.3 is 12.6 Å². The molecule has 0 aliphatic carbocycles. The van der Waals surface area contributed by atoms with Crippen LogP contribution in [0.3, 0.4) is 0 Å². The number of carbonyl (C=O) groups excluding carboxylic acids is 1. The Bertz CT molecular complexity index is 410. The Hall–Kier alpha value is -2.05. The van der Waals surface area contributed by atoms with Gasteiger partial charge in [-0.05, 0) is 6.07 Å². The summed E-state index contributed by atoms with van der Waals surface area (Å²) in [5.74, 6) is -1.02. The van der Waals surface area contributed by atoms with Crippen LogP contribution in [0, 0.1) is 0 Å². The number of ether oxygens (including phenoxy) is 2. The fourth-order valence-electron chi connectivity index (χ4n) is 1.10. The second kappa shape index (κ2) is 4.65. The van der Waals surface area contributed by atoms with Crippen LogP contribution >= 0.6 is 0 Å². The summed E-state index contributed by atoms with van der Waals surface area (Å²) in [7, 11) is 1.14. The minimum absolute atomic E-state index is 0.0291. The smallest absolute Gasteiger partial charge is 0.387 e. The molecule has 0 saturated carbocycles. The lowest BCUT2D eigenvalue weighted by atomic mass is 10.1. The monoisotopic (exact) mass is 232 g/mol. The largest absolute Gasteiger partial charge is 0.465 e. The molecule has 5 nitrogen and oxygen atoms in total. The first-order valence-corrected chi connectivity index (χ1v) is 4.17. The average molecular weight is 232 g/mol. The third kappa shape index (κ3) is 2.50. The van der Waals surface area contributed by atoms with Crippen LogP contribution in [0.1, 0.15) is 10.4 Å². The summed E-state index contributed by atoms with van der Waals surface area (Å²) in [6, 6.07) is 2.15. The molecule has 4 N–H and O–H groups in total. The number of rotatable bonds is 3. The van der Waals surface area contributed by atoms with Crippen LogP contribution in [0.25, 0.3) is 0 Å². The molecule has 0 spiro atoms. The van der Waals surface area contributed by atoms with Gasteiger partial charge < -0.3 is 20.9 Å². The molecule has 0 fully saturated rings. The molecular formula is C9H10F2N2O3. The third-order valence-corrected chi connectivity index (χ3v) is 1.82. The summed E-state index contributed by atoms with van der Waals surface area (Å²) >= 11 is 0. The van der Waals surface area contributed by atoms with Crippen molar-refractivity contribution in [2.75, 3.05) is 18.6 Å². The van der Waals surface area contributed by atoms with Crippen LogP contribution in [0.5, 0.6) is 5.75 Å². The van der Waals surface area contributed by atoms with Gasteiger partial charge in [0.1, 0.15) is 5.75 Å². The SMILES string of the molecule is COC(=O)c1cc(OC(F)F)cc(N)c1N. The van der Waals surface area contributed by atoms with Crippen molar-refractivity contribution < 1.29 is 23.0 Å². The Balaban J connectivity index is 3.16. The maximum Gasteiger partial charge on any atom is 0.387 e. The minimum atomic E-state index is -3.01. The fourth-order valence-corrected chi connectivity index (χ4v) is 1.10. The molecule has 16 heavy (non-hydrogen) atoms. The van der Waals surface area contributed by atoms with Crippen LogP contribution in [0.15, 0.2) is 12.1 Å². The molecule has 0 aliphatic rings. The number of esters is 1. The molecule has 0 aromatic heterocycles. The molecule has 7 heteroatoms. The normalized spacial score (nSPS) is 10.2. The van der Waals surface area contributed by atoms with Gasteiger partial charge in [0.25, 0.3) is 0 Å². The van der Waals surface area contributed by atoms with E-state index in [4.69, 9.17) is 11.5 Å². The van der Waals surface area contributed by atoms with Crippen LogP contribution in [-0.4, -0.2) is 19.7 Å². The van der Waals surface area contributed by atoms with Crippen molar-refractivity contribution in [1.82, 2.24) is 0 Å². The summed E-state index contributed by atoms with van der Waals surface area (Å²) < 4.78 is 32.4. The molecule has 0 aliphatic heterocycles. The predicted molar refractivity (Wildman–Crippen MR) is 53.2 cm³/mol. The van der Waals surface area contributed by atoms with Crippen LogP contribution in [0.2, 0.25) is 0 Å². The molecule has 88 valence electrons. The van der Waals surface area contributed by atoms with Crippen molar-refractivity contribution in [2.45, 2.75) is 6.61 Å². The van der Waals surface area contributed by atoms with Crippen molar-refractivity contribution in [1.29, 1.82) is 0 Å². The van der Waals surface area contributed by atoms with Crippen LogP contribution < -0.4 is 16.2 Å². The first kappa shape index (κ1) is 12.0. The Labute approximate surface area is 89.9 Å². The molecule has 0 saturated heterocycles. The van der Waals surface area contributed by atoms with Crippen molar-refractivity contribution in [3.63, 3.8) is 0 Å². The van der Waals surface area contributed by atoms with Gasteiger partial charge in [0.15, 0.2) is 0 Å². The van der Waals surface area contributed by atoms with Gasteiger partial charge in [0, 0.05) is 6.07 Å². The van der Waals surface area contributed by atoms with Crippen molar-refractivity contribution in [3.8, 4) is 5.75 Å². The zero-order valence-electron chi connectivity index (χ0n) is 8.37. The highest BCUT2D eigenvalue weighted by molar-refractivity contribution is 5.98. The summed E-state index contributed by atoms with van der Waals surface area (Å²) in [4.78, 5) is 11.2. The molecule has 1 aromatic rings. The molecule has 1 rings (SSSR count). The summed E-state index contributed by atoms with van der Waals surface area (Å²) in [6.45, 7) is -3.01. The number of nitrogens with two attached hydrogens (primary N) is 2. The summed E-state index contributed by atoms with van der Waals surface area (Å²) in [5.41, 5.74) is 10.7. The van der Waals surface area contributed by atoms with Gasteiger partial charge in [-0.1, -0.05) is 0 Å². The summed E-state index contributed by atoms with van der Waals surface area (Å²) in [5, 5.41) is 0. The molecule has 0 amide bonds. The van der Waals surface area contributed by atoms with E-state index in [1.807, 2.05) is 0 Å². The Morgan fingerprint density at radius 2 is 2.00 bits per heavy atom. The Kier molecular flexibility index (Phi) is 3.49. The van der Waals surface area contributed by atoms with Gasteiger partial charge in [-0.15, -0.1) is 0 Å². The molecule has 0 unspecified atom stereocenters. The lowest BCUT2D eigenvalue weighted by molar-refractivity contribution is -0.0498. The van der Waals surface area contributed by atoms with E-state index in [0.29, 0.717) is 0 Å². The van der Waals surface area contributed by atoms with Crippen molar-refractivity contribution in [3.05, 3.63) is 17.7 Å². The molecule has 1 aromatic carbocycles. The van der Waals surface area contributed by atoms with E-state index in [9.17, 15) is 13.6 Å². The van der Waals surface area contributed by atoms with E-state index in [1.54, 1.807) is 0 Å². The number of hydrogen-bond donors (Lipinski definition) is 2. The number of anilines is 2. The Morgan fingerprint density at radius 3 is 2.50 bits per heavy atom. The first-order chi connectivity index (χ1) is 7.45. The van der Waals surface area contributed by atoms with Gasteiger partial charge in [0.05, 0.1) is 24.0 Å². The van der Waals surface area contributed by atoms with Gasteiger partial charge in [-0.25, -0.2) is 4.79 Å². The van der Waals surface area contributed by atoms with Crippen LogP contribution in [0.4, 0.5) is 20.2 Å². The quantitative estimate of drug-likeness (QED) is 0.604. The second-order valence-electron chi connectivity index (χ2n) is 2.84. The number of hydrogen-bond acceptors (Lipinski definition) is 5. The highest BCUT2D eigenvalue weighted by Crippen LogP contribution is 2.28. The van der Waals surface area contributed by atoms with E-state index in [2.05, 4.69) is 9.47 Å². The maximum atomic E-state index is 12.0. The number of alkyl halides is 2. The second-order valence-corrected chi connectivity index (χ2v) is 2.84. The zero-order valence-corrected chi connectivity index (χ0v) is 8.37. The van der Waals surface area contributed by atoms with E-state index in [-0.39, 0.29) is 22.7 Å². The van der Waals surface area contributed by atoms with Gasteiger partial charge in [-0.3, -0.25) is 0 Å². The Morgan fingerprint density at radius 1 is 1.38 bits per heavy atom. The molecule has 0 radical (unpaired) electrons. The number of halogens is 2. The topological polar surface area (TPSA) is 87.6 Å². The molecule has 0 bridgehead atoms. The summed E-state index contributed by atoms with van der Waals surface area (Å²) in [6.07, 6.45) is 0. The third-order valence-electron chi connectivity index (χ3n) is 1.82. The minimum Gasteiger partial charge on any atom is -0.465 e. The molecular weight excluding hydrogens is 222 g/mol. The zero-order chi connectivity index (χ0) is 12.3. The highest BCUT2D eigenvalue weighted by Gasteiger charge is 2.16. The fraction of sp³-hybridized carbons (Fsp3) is 0.222. The number of methoxy groups -OCH3 is 1. The standard InChI is InChI=1S/C9H10F2N2O3/c1-15-8(14)5-2-4(16-9(10)11)3-6(12)7(5)13/h2-3,9H,12-13H2,1H3. The van der Waals surface area contributed by atoms with Gasteiger partial charge in [-0.2, -0.15) is 8.78 Å². The number of nitrogen functional groups attached to an aromatic ring is 2. The number of carbonyl (C=O) groups is 1.